The van der Waals surface area contributed by atoms with Crippen LogP contribution in [0.1, 0.15) is 18.4 Å². The molecule has 1 aromatic carbocycles. The van der Waals surface area contributed by atoms with Gasteiger partial charge in [-0.15, -0.1) is 0 Å². The zero-order chi connectivity index (χ0) is 10.7. The topological polar surface area (TPSA) is 38.1 Å². The van der Waals surface area contributed by atoms with Gasteiger partial charge in [-0.05, 0) is 31.2 Å². The average molecular weight is 204 g/mol. The Balaban J connectivity index is 2.29. The fourth-order valence-electron chi connectivity index (χ4n) is 1.58. The summed E-state index contributed by atoms with van der Waals surface area (Å²) in [6.45, 7) is 3.04. The summed E-state index contributed by atoms with van der Waals surface area (Å²) in [6.07, 6.45) is 1.88. The van der Waals surface area contributed by atoms with Crippen LogP contribution < -0.4 is 5.32 Å². The first kappa shape index (κ1) is 10.2. The zero-order valence-corrected chi connectivity index (χ0v) is 9.21. The maximum atomic E-state index is 5.62. The van der Waals surface area contributed by atoms with Gasteiger partial charge in [0.05, 0.1) is 0 Å². The van der Waals surface area contributed by atoms with E-state index in [-0.39, 0.29) is 0 Å². The van der Waals surface area contributed by atoms with Crippen LogP contribution in [0, 0.1) is 0 Å². The molecule has 0 bridgehead atoms. The number of aromatic nitrogens is 1. The van der Waals surface area contributed by atoms with Crippen LogP contribution in [0.25, 0.3) is 11.1 Å². The van der Waals surface area contributed by atoms with E-state index in [0.717, 1.165) is 36.4 Å². The van der Waals surface area contributed by atoms with E-state index in [4.69, 9.17) is 4.42 Å². The second kappa shape index (κ2) is 4.45. The summed E-state index contributed by atoms with van der Waals surface area (Å²) in [4.78, 5) is 4.45. The summed E-state index contributed by atoms with van der Waals surface area (Å²) in [7, 11) is 1.93. The van der Waals surface area contributed by atoms with E-state index >= 15 is 0 Å². The Bertz CT molecular complexity index is 448. The van der Waals surface area contributed by atoms with Crippen LogP contribution in [-0.4, -0.2) is 18.6 Å². The molecule has 0 fully saturated rings. The zero-order valence-electron chi connectivity index (χ0n) is 9.21. The predicted molar refractivity (Wildman–Crippen MR) is 61.0 cm³/mol. The van der Waals surface area contributed by atoms with Gasteiger partial charge >= 0.3 is 0 Å². The summed E-state index contributed by atoms with van der Waals surface area (Å²) in [5.74, 6) is 0.813. The maximum absolute atomic E-state index is 5.62. The van der Waals surface area contributed by atoms with E-state index in [0.29, 0.717) is 0 Å². The first-order valence-electron chi connectivity index (χ1n) is 5.36. The summed E-state index contributed by atoms with van der Waals surface area (Å²) in [5.41, 5.74) is 3.16. The summed E-state index contributed by atoms with van der Waals surface area (Å²) in [6, 6.07) is 6.20. The molecule has 0 saturated carbocycles. The molecule has 2 aromatic rings. The molecule has 0 atom stereocenters. The van der Waals surface area contributed by atoms with E-state index in [1.165, 1.54) is 5.56 Å². The fourth-order valence-corrected chi connectivity index (χ4v) is 1.58. The number of nitrogens with one attached hydrogen (secondary N) is 1. The minimum atomic E-state index is 0.813. The monoisotopic (exact) mass is 204 g/mol. The van der Waals surface area contributed by atoms with Crippen LogP contribution in [-0.2, 0) is 12.8 Å². The van der Waals surface area contributed by atoms with Crippen LogP contribution in [0.4, 0.5) is 0 Å². The third-order valence-electron chi connectivity index (χ3n) is 2.49. The molecule has 1 aromatic heterocycles. The van der Waals surface area contributed by atoms with Crippen molar-refractivity contribution < 1.29 is 4.42 Å². The first-order chi connectivity index (χ1) is 7.33. The lowest BCUT2D eigenvalue weighted by atomic mass is 10.1. The highest BCUT2D eigenvalue weighted by Gasteiger charge is 2.05. The van der Waals surface area contributed by atoms with E-state index in [1.54, 1.807) is 0 Å². The minimum absolute atomic E-state index is 0.813. The van der Waals surface area contributed by atoms with E-state index in [2.05, 4.69) is 29.4 Å². The Hall–Kier alpha value is -1.35. The first-order valence-corrected chi connectivity index (χ1v) is 5.36. The van der Waals surface area contributed by atoms with Gasteiger partial charge in [0.2, 0.25) is 0 Å². The second-order valence-electron chi connectivity index (χ2n) is 3.62. The van der Waals surface area contributed by atoms with Crippen molar-refractivity contribution in [3.8, 4) is 0 Å². The number of hydrogen-bond donors (Lipinski definition) is 1. The smallest absolute Gasteiger partial charge is 0.196 e. The lowest BCUT2D eigenvalue weighted by molar-refractivity contribution is 0.522. The van der Waals surface area contributed by atoms with Crippen molar-refractivity contribution in [2.45, 2.75) is 19.8 Å². The van der Waals surface area contributed by atoms with Crippen LogP contribution >= 0.6 is 0 Å². The number of oxazole rings is 1. The molecule has 15 heavy (non-hydrogen) atoms. The van der Waals surface area contributed by atoms with Crippen molar-refractivity contribution in [1.29, 1.82) is 0 Å². The van der Waals surface area contributed by atoms with Gasteiger partial charge in [-0.1, -0.05) is 13.0 Å². The van der Waals surface area contributed by atoms with Crippen molar-refractivity contribution in [3.63, 3.8) is 0 Å². The highest BCUT2D eigenvalue weighted by molar-refractivity contribution is 5.73. The van der Waals surface area contributed by atoms with Crippen LogP contribution in [0.3, 0.4) is 0 Å². The minimum Gasteiger partial charge on any atom is -0.441 e. The normalized spacial score (nSPS) is 11.1. The summed E-state index contributed by atoms with van der Waals surface area (Å²) < 4.78 is 5.62. The Morgan fingerprint density at radius 3 is 3.00 bits per heavy atom. The van der Waals surface area contributed by atoms with Crippen LogP contribution in [0.5, 0.6) is 0 Å². The number of aryl methyl sites for hydroxylation is 1. The molecule has 0 radical (unpaired) electrons. The molecule has 0 aliphatic carbocycles. The standard InChI is InChI=1S/C12H16N2O/c1-3-9-4-5-11-10(8-9)14-12(15-11)6-7-13-2/h4-5,8,13H,3,6-7H2,1-2H3. The lowest BCUT2D eigenvalue weighted by Gasteiger charge is -1.92. The SMILES string of the molecule is CCc1ccc2oc(CCNC)nc2c1. The van der Waals surface area contributed by atoms with Crippen molar-refractivity contribution in [2.24, 2.45) is 0 Å². The van der Waals surface area contributed by atoms with E-state index in [1.807, 2.05) is 13.1 Å². The summed E-state index contributed by atoms with van der Waals surface area (Å²) in [5, 5.41) is 3.08. The number of likely N-dealkylation sites (N-methyl/N-ethyl adjacent to an activating group) is 1. The van der Waals surface area contributed by atoms with Gasteiger partial charge in [0.15, 0.2) is 11.5 Å². The molecule has 1 heterocycles. The quantitative estimate of drug-likeness (QED) is 0.829. The number of nitrogens with zero attached hydrogens (tertiary/aromatic N) is 1. The molecular formula is C12H16N2O. The Morgan fingerprint density at radius 1 is 1.40 bits per heavy atom. The number of hydrogen-bond acceptors (Lipinski definition) is 3. The van der Waals surface area contributed by atoms with Gasteiger partial charge < -0.3 is 9.73 Å². The lowest BCUT2D eigenvalue weighted by Crippen LogP contribution is -2.10. The molecule has 0 aliphatic rings. The van der Waals surface area contributed by atoms with Crippen molar-refractivity contribution in [2.75, 3.05) is 13.6 Å². The van der Waals surface area contributed by atoms with Crippen molar-refractivity contribution >= 4 is 11.1 Å². The number of fused-ring (bicyclic) bond motifs is 1. The largest absolute Gasteiger partial charge is 0.441 e. The van der Waals surface area contributed by atoms with Crippen molar-refractivity contribution in [1.82, 2.24) is 10.3 Å². The Kier molecular flexibility index (Phi) is 3.02. The number of rotatable bonds is 4. The van der Waals surface area contributed by atoms with Gasteiger partial charge in [-0.2, -0.15) is 0 Å². The fraction of sp³-hybridized carbons (Fsp3) is 0.417. The molecule has 0 aliphatic heterocycles. The molecule has 3 heteroatoms. The van der Waals surface area contributed by atoms with Gasteiger partial charge in [0.25, 0.3) is 0 Å². The molecule has 3 nitrogen and oxygen atoms in total. The van der Waals surface area contributed by atoms with E-state index < -0.39 is 0 Å². The molecule has 0 unspecified atom stereocenters. The highest BCUT2D eigenvalue weighted by Crippen LogP contribution is 2.17. The number of benzene rings is 1. The Labute approximate surface area is 89.5 Å². The third kappa shape index (κ3) is 2.18. The average Bonchev–Trinajstić information content (AvgIpc) is 2.67. The molecule has 0 saturated heterocycles. The van der Waals surface area contributed by atoms with Gasteiger partial charge in [-0.3, -0.25) is 0 Å². The van der Waals surface area contributed by atoms with Crippen LogP contribution in [0.15, 0.2) is 22.6 Å². The third-order valence-corrected chi connectivity index (χ3v) is 2.49. The molecule has 1 N–H and O–H groups in total. The maximum Gasteiger partial charge on any atom is 0.196 e. The predicted octanol–water partition coefficient (Wildman–Crippen LogP) is 2.15. The van der Waals surface area contributed by atoms with Gasteiger partial charge in [0.1, 0.15) is 5.52 Å². The molecular weight excluding hydrogens is 188 g/mol. The summed E-state index contributed by atoms with van der Waals surface area (Å²) >= 11 is 0. The molecule has 2 rings (SSSR count). The second-order valence-corrected chi connectivity index (χ2v) is 3.62. The molecule has 0 spiro atoms. The Morgan fingerprint density at radius 2 is 2.27 bits per heavy atom. The van der Waals surface area contributed by atoms with Gasteiger partial charge in [0, 0.05) is 13.0 Å². The highest BCUT2D eigenvalue weighted by atomic mass is 16.3. The molecule has 0 amide bonds. The van der Waals surface area contributed by atoms with E-state index in [9.17, 15) is 0 Å². The molecule has 80 valence electrons. The van der Waals surface area contributed by atoms with Crippen molar-refractivity contribution in [3.05, 3.63) is 29.7 Å². The van der Waals surface area contributed by atoms with Gasteiger partial charge in [-0.25, -0.2) is 4.98 Å². The van der Waals surface area contributed by atoms with Crippen LogP contribution in [0.2, 0.25) is 0 Å².